The lowest BCUT2D eigenvalue weighted by Gasteiger charge is -2.32. The minimum absolute atomic E-state index is 0.0854. The molecule has 0 bridgehead atoms. The molecule has 2 aromatic rings. The van der Waals surface area contributed by atoms with Gasteiger partial charge in [-0.3, -0.25) is 14.5 Å². The number of hydrogen-bond donors (Lipinski definition) is 0. The third-order valence-corrected chi connectivity index (χ3v) is 5.91. The van der Waals surface area contributed by atoms with Crippen molar-refractivity contribution in [1.29, 1.82) is 0 Å². The van der Waals surface area contributed by atoms with Crippen LogP contribution >= 0.6 is 0 Å². The molecule has 0 radical (unpaired) electrons. The van der Waals surface area contributed by atoms with E-state index >= 15 is 0 Å². The minimum atomic E-state index is 0.0854. The van der Waals surface area contributed by atoms with Gasteiger partial charge in [-0.2, -0.15) is 5.10 Å². The molecule has 2 fully saturated rings. The first-order chi connectivity index (χ1) is 12.1. The van der Waals surface area contributed by atoms with Crippen LogP contribution in [0, 0.1) is 24.7 Å². The fourth-order valence-corrected chi connectivity index (χ4v) is 4.59. The Hall–Kier alpha value is -2.17. The summed E-state index contributed by atoms with van der Waals surface area (Å²) < 4.78 is 1.70. The summed E-state index contributed by atoms with van der Waals surface area (Å²) in [5, 5.41) is 4.28. The van der Waals surface area contributed by atoms with E-state index in [4.69, 9.17) is 0 Å². The standard InChI is InChI=1S/C20H26N4O/c1-14-6-7-17(21-11-14)10-15-4-3-5-16-12-24(13-18(15)16)20(25)19-8-9-23(2)22-19/h6-9,11,15-16,18H,3-5,10,12-13H2,1-2H3/t15-,16-,18-/m1/s1. The van der Waals surface area contributed by atoms with Crippen molar-refractivity contribution in [3.8, 4) is 0 Å². The van der Waals surface area contributed by atoms with Gasteiger partial charge in [0.2, 0.25) is 0 Å². The van der Waals surface area contributed by atoms with Gasteiger partial charge in [-0.1, -0.05) is 12.5 Å². The molecule has 1 aliphatic heterocycles. The Balaban J connectivity index is 1.46. The molecule has 5 nitrogen and oxygen atoms in total. The summed E-state index contributed by atoms with van der Waals surface area (Å²) in [4.78, 5) is 19.4. The van der Waals surface area contributed by atoms with Gasteiger partial charge in [-0.25, -0.2) is 0 Å². The van der Waals surface area contributed by atoms with E-state index in [2.05, 4.69) is 29.1 Å². The van der Waals surface area contributed by atoms with Crippen LogP contribution in [-0.4, -0.2) is 38.7 Å². The third kappa shape index (κ3) is 3.32. The van der Waals surface area contributed by atoms with E-state index in [1.165, 1.54) is 30.5 Å². The van der Waals surface area contributed by atoms with Gasteiger partial charge in [0.25, 0.3) is 5.91 Å². The van der Waals surface area contributed by atoms with E-state index in [1.807, 2.05) is 30.4 Å². The molecule has 1 aliphatic carbocycles. The van der Waals surface area contributed by atoms with E-state index in [0.29, 0.717) is 23.4 Å². The summed E-state index contributed by atoms with van der Waals surface area (Å²) in [5.74, 6) is 1.96. The zero-order chi connectivity index (χ0) is 17.4. The predicted octanol–water partition coefficient (Wildman–Crippen LogP) is 2.85. The maximum Gasteiger partial charge on any atom is 0.274 e. The fourth-order valence-electron chi connectivity index (χ4n) is 4.59. The molecule has 3 heterocycles. The molecule has 0 unspecified atom stereocenters. The van der Waals surface area contributed by atoms with E-state index in [9.17, 15) is 4.79 Å². The molecule has 2 aromatic heterocycles. The Kier molecular flexibility index (Phi) is 4.32. The highest BCUT2D eigenvalue weighted by Crippen LogP contribution is 2.41. The summed E-state index contributed by atoms with van der Waals surface area (Å²) in [6.07, 6.45) is 8.59. The van der Waals surface area contributed by atoms with Gasteiger partial charge in [0.05, 0.1) is 0 Å². The first kappa shape index (κ1) is 16.3. The van der Waals surface area contributed by atoms with Crippen molar-refractivity contribution in [3.63, 3.8) is 0 Å². The van der Waals surface area contributed by atoms with Gasteiger partial charge < -0.3 is 4.90 Å². The van der Waals surface area contributed by atoms with Crippen LogP contribution in [0.4, 0.5) is 0 Å². The maximum absolute atomic E-state index is 12.7. The van der Waals surface area contributed by atoms with E-state index < -0.39 is 0 Å². The third-order valence-electron chi connectivity index (χ3n) is 5.91. The molecular formula is C20H26N4O. The van der Waals surface area contributed by atoms with Crippen molar-refractivity contribution in [2.45, 2.75) is 32.6 Å². The number of hydrogen-bond acceptors (Lipinski definition) is 3. The van der Waals surface area contributed by atoms with Crippen molar-refractivity contribution < 1.29 is 4.79 Å². The molecule has 3 atom stereocenters. The van der Waals surface area contributed by atoms with Crippen molar-refractivity contribution in [1.82, 2.24) is 19.7 Å². The molecule has 4 rings (SSSR count). The first-order valence-electron chi connectivity index (χ1n) is 9.30. The second-order valence-electron chi connectivity index (χ2n) is 7.73. The van der Waals surface area contributed by atoms with Crippen molar-refractivity contribution in [2.75, 3.05) is 13.1 Å². The number of fused-ring (bicyclic) bond motifs is 1. The van der Waals surface area contributed by atoms with Crippen LogP contribution in [0.25, 0.3) is 0 Å². The molecular weight excluding hydrogens is 312 g/mol. The summed E-state index contributed by atoms with van der Waals surface area (Å²) in [7, 11) is 1.85. The smallest absolute Gasteiger partial charge is 0.274 e. The number of aryl methyl sites for hydroxylation is 2. The largest absolute Gasteiger partial charge is 0.337 e. The van der Waals surface area contributed by atoms with Crippen molar-refractivity contribution >= 4 is 5.91 Å². The summed E-state index contributed by atoms with van der Waals surface area (Å²) in [6.45, 7) is 3.83. The summed E-state index contributed by atoms with van der Waals surface area (Å²) >= 11 is 0. The van der Waals surface area contributed by atoms with Crippen molar-refractivity contribution in [3.05, 3.63) is 47.5 Å². The molecule has 1 saturated heterocycles. The number of rotatable bonds is 3. The van der Waals surface area contributed by atoms with Crippen LogP contribution in [0.15, 0.2) is 30.6 Å². The number of likely N-dealkylation sites (tertiary alicyclic amines) is 1. The second-order valence-corrected chi connectivity index (χ2v) is 7.73. The summed E-state index contributed by atoms with van der Waals surface area (Å²) in [5.41, 5.74) is 2.96. The van der Waals surface area contributed by atoms with Gasteiger partial charge >= 0.3 is 0 Å². The average Bonchev–Trinajstić information content (AvgIpc) is 3.23. The lowest BCUT2D eigenvalue weighted by atomic mass is 9.72. The Morgan fingerprint density at radius 2 is 2.12 bits per heavy atom. The van der Waals surface area contributed by atoms with Crippen LogP contribution in [0.2, 0.25) is 0 Å². The molecule has 5 heteroatoms. The highest BCUT2D eigenvalue weighted by Gasteiger charge is 2.42. The number of amides is 1. The lowest BCUT2D eigenvalue weighted by Crippen LogP contribution is -2.31. The zero-order valence-corrected chi connectivity index (χ0v) is 15.1. The Labute approximate surface area is 149 Å². The van der Waals surface area contributed by atoms with Crippen LogP contribution in [0.1, 0.15) is 41.0 Å². The quantitative estimate of drug-likeness (QED) is 0.865. The number of aromatic nitrogens is 3. The van der Waals surface area contributed by atoms with Gasteiger partial charge in [0.1, 0.15) is 5.69 Å². The molecule has 25 heavy (non-hydrogen) atoms. The molecule has 1 saturated carbocycles. The maximum atomic E-state index is 12.7. The number of carbonyl (C=O) groups excluding carboxylic acids is 1. The highest BCUT2D eigenvalue weighted by atomic mass is 16.2. The number of carbonyl (C=O) groups is 1. The Morgan fingerprint density at radius 1 is 1.24 bits per heavy atom. The zero-order valence-electron chi connectivity index (χ0n) is 15.1. The normalized spacial score (nSPS) is 25.8. The topological polar surface area (TPSA) is 51.0 Å². The van der Waals surface area contributed by atoms with Gasteiger partial charge in [-0.15, -0.1) is 0 Å². The Morgan fingerprint density at radius 3 is 2.84 bits per heavy atom. The van der Waals surface area contributed by atoms with Gasteiger partial charge in [-0.05, 0) is 61.6 Å². The van der Waals surface area contributed by atoms with Gasteiger partial charge in [0, 0.05) is 38.2 Å². The first-order valence-corrected chi connectivity index (χ1v) is 9.30. The minimum Gasteiger partial charge on any atom is -0.337 e. The van der Waals surface area contributed by atoms with E-state index in [-0.39, 0.29) is 5.91 Å². The van der Waals surface area contributed by atoms with Crippen LogP contribution < -0.4 is 0 Å². The molecule has 132 valence electrons. The average molecular weight is 338 g/mol. The molecule has 1 amide bonds. The van der Waals surface area contributed by atoms with Crippen LogP contribution in [0.3, 0.4) is 0 Å². The lowest BCUT2D eigenvalue weighted by molar-refractivity contribution is 0.0775. The SMILES string of the molecule is Cc1ccc(C[C@H]2CCC[C@@H]3CN(C(=O)c4ccn(C)n4)C[C@H]23)nc1. The predicted molar refractivity (Wildman–Crippen MR) is 96.1 cm³/mol. The number of nitrogens with zero attached hydrogens (tertiary/aromatic N) is 4. The molecule has 0 spiro atoms. The van der Waals surface area contributed by atoms with Gasteiger partial charge in [0.15, 0.2) is 0 Å². The molecule has 0 N–H and O–H groups in total. The number of pyridine rings is 1. The van der Waals surface area contributed by atoms with Crippen molar-refractivity contribution in [2.24, 2.45) is 24.8 Å². The van der Waals surface area contributed by atoms with Crippen LogP contribution in [-0.2, 0) is 13.5 Å². The Bertz CT molecular complexity index is 751. The van der Waals surface area contributed by atoms with E-state index in [1.54, 1.807) is 4.68 Å². The molecule has 0 aromatic carbocycles. The molecule has 2 aliphatic rings. The fraction of sp³-hybridized carbons (Fsp3) is 0.550. The highest BCUT2D eigenvalue weighted by molar-refractivity contribution is 5.92. The summed E-state index contributed by atoms with van der Waals surface area (Å²) in [6, 6.07) is 6.12. The second kappa shape index (κ2) is 6.62. The van der Waals surface area contributed by atoms with E-state index in [0.717, 1.165) is 19.5 Å². The monoisotopic (exact) mass is 338 g/mol. The van der Waals surface area contributed by atoms with Crippen LogP contribution in [0.5, 0.6) is 0 Å².